The van der Waals surface area contributed by atoms with Gasteiger partial charge >= 0.3 is 0 Å². The van der Waals surface area contributed by atoms with E-state index in [0.717, 1.165) is 59.7 Å². The Morgan fingerprint density at radius 2 is 1.86 bits per heavy atom. The molecule has 0 N–H and O–H groups in total. The molecule has 0 spiro atoms. The number of piperazine rings is 1. The van der Waals surface area contributed by atoms with E-state index >= 15 is 0 Å². The maximum absolute atomic E-state index is 12.5. The quantitative estimate of drug-likeness (QED) is 0.682. The number of aromatic nitrogens is 3. The van der Waals surface area contributed by atoms with Gasteiger partial charge in [-0.05, 0) is 44.3 Å². The molecule has 0 atom stereocenters. The lowest BCUT2D eigenvalue weighted by atomic mass is 10.1. The van der Waals surface area contributed by atoms with Crippen molar-refractivity contribution in [2.24, 2.45) is 0 Å². The molecule has 0 bridgehead atoms. The van der Waals surface area contributed by atoms with E-state index in [4.69, 9.17) is 4.98 Å². The number of carbonyl (C=O) groups is 1. The summed E-state index contributed by atoms with van der Waals surface area (Å²) < 4.78 is 0. The van der Waals surface area contributed by atoms with Crippen LogP contribution in [0.1, 0.15) is 11.4 Å². The predicted octanol–water partition coefficient (Wildman–Crippen LogP) is 2.36. The van der Waals surface area contributed by atoms with Crippen LogP contribution in [0.15, 0.2) is 42.7 Å². The molecule has 0 unspecified atom stereocenters. The van der Waals surface area contributed by atoms with Gasteiger partial charge in [-0.1, -0.05) is 0 Å². The van der Waals surface area contributed by atoms with Crippen LogP contribution in [-0.4, -0.2) is 70.3 Å². The summed E-state index contributed by atoms with van der Waals surface area (Å²) in [5.41, 5.74) is 4.47. The third kappa shape index (κ3) is 4.40. The first-order valence-electron chi connectivity index (χ1n) is 9.68. The number of likely N-dealkylation sites (N-methyl/N-ethyl adjacent to an activating group) is 1. The first-order chi connectivity index (χ1) is 13.6. The number of hydrogen-bond acceptors (Lipinski definition) is 6. The predicted molar refractivity (Wildman–Crippen MR) is 110 cm³/mol. The third-order valence-electron chi connectivity index (χ3n) is 5.21. The fraction of sp³-hybridized carbons (Fsp3) is 0.364. The summed E-state index contributed by atoms with van der Waals surface area (Å²) in [6, 6.07) is 9.94. The van der Waals surface area contributed by atoms with Crippen LogP contribution in [0.25, 0.3) is 22.2 Å². The van der Waals surface area contributed by atoms with Gasteiger partial charge in [0.25, 0.3) is 0 Å². The maximum atomic E-state index is 12.5. The average molecular weight is 375 g/mol. The van der Waals surface area contributed by atoms with E-state index in [1.54, 1.807) is 6.20 Å². The Hall–Kier alpha value is -2.70. The molecule has 1 aliphatic rings. The number of carbonyl (C=O) groups excluding carboxylic acids is 1. The number of aryl methyl sites for hydroxylation is 1. The van der Waals surface area contributed by atoms with Crippen LogP contribution in [0, 0.1) is 6.92 Å². The molecule has 4 heterocycles. The smallest absolute Gasteiger partial charge is 0.152 e. The second-order valence-corrected chi connectivity index (χ2v) is 7.55. The molecular weight excluding hydrogens is 350 g/mol. The van der Waals surface area contributed by atoms with Crippen molar-refractivity contribution >= 4 is 16.7 Å². The van der Waals surface area contributed by atoms with E-state index in [2.05, 4.69) is 26.8 Å². The number of ketones is 1. The summed E-state index contributed by atoms with van der Waals surface area (Å²) in [6.45, 7) is 6.39. The van der Waals surface area contributed by atoms with Gasteiger partial charge in [-0.2, -0.15) is 0 Å². The summed E-state index contributed by atoms with van der Waals surface area (Å²) >= 11 is 0. The first-order valence-corrected chi connectivity index (χ1v) is 9.68. The Balaban J connectivity index is 1.48. The largest absolute Gasteiger partial charge is 0.304 e. The van der Waals surface area contributed by atoms with Crippen LogP contribution >= 0.6 is 0 Å². The number of Topliss-reactive ketones (excluding diaryl/α,β-unsaturated/α-hetero) is 1. The first kappa shape index (κ1) is 18.7. The van der Waals surface area contributed by atoms with Crippen LogP contribution in [0.4, 0.5) is 0 Å². The molecule has 3 aromatic rings. The minimum absolute atomic E-state index is 0.204. The maximum Gasteiger partial charge on any atom is 0.152 e. The van der Waals surface area contributed by atoms with E-state index in [9.17, 15) is 4.79 Å². The summed E-state index contributed by atoms with van der Waals surface area (Å²) in [5.74, 6) is 0.204. The molecule has 1 saturated heterocycles. The van der Waals surface area contributed by atoms with Crippen LogP contribution in [0.3, 0.4) is 0 Å². The zero-order chi connectivity index (χ0) is 19.5. The molecule has 6 heteroatoms. The number of hydrogen-bond donors (Lipinski definition) is 0. The van der Waals surface area contributed by atoms with Gasteiger partial charge in [-0.15, -0.1) is 0 Å². The Morgan fingerprint density at radius 3 is 2.61 bits per heavy atom. The van der Waals surface area contributed by atoms with Crippen LogP contribution in [0.2, 0.25) is 0 Å². The summed E-state index contributed by atoms with van der Waals surface area (Å²) in [7, 11) is 2.12. The molecule has 0 radical (unpaired) electrons. The average Bonchev–Trinajstić information content (AvgIpc) is 2.70. The molecule has 1 aliphatic heterocycles. The molecule has 0 aliphatic carbocycles. The van der Waals surface area contributed by atoms with E-state index in [0.29, 0.717) is 13.0 Å². The van der Waals surface area contributed by atoms with E-state index in [1.807, 2.05) is 43.5 Å². The molecule has 0 aromatic carbocycles. The van der Waals surface area contributed by atoms with Crippen molar-refractivity contribution in [3.05, 3.63) is 54.1 Å². The number of fused-ring (bicyclic) bond motifs is 1. The standard InChI is InChI=1S/C22H25N5O/c1-16-3-4-17(13-23-16)21-6-5-18-14-24-19(12-22(18)25-21)11-20(28)15-27-9-7-26(2)8-10-27/h3-6,12-14H,7-11,15H2,1-2H3. The SMILES string of the molecule is Cc1ccc(-c2ccc3cnc(CC(=O)CN4CCN(C)CC4)cc3n2)cn1. The molecule has 0 amide bonds. The Morgan fingerprint density at radius 1 is 1.04 bits per heavy atom. The van der Waals surface area contributed by atoms with E-state index < -0.39 is 0 Å². The van der Waals surface area contributed by atoms with Crippen LogP contribution in [0.5, 0.6) is 0 Å². The van der Waals surface area contributed by atoms with Gasteiger partial charge in [0.15, 0.2) is 5.78 Å². The van der Waals surface area contributed by atoms with Crippen LogP contribution in [-0.2, 0) is 11.2 Å². The lowest BCUT2D eigenvalue weighted by molar-refractivity contribution is -0.120. The highest BCUT2D eigenvalue weighted by molar-refractivity contribution is 5.85. The molecule has 6 nitrogen and oxygen atoms in total. The second kappa shape index (κ2) is 8.12. The van der Waals surface area contributed by atoms with Crippen molar-refractivity contribution in [2.45, 2.75) is 13.3 Å². The molecule has 4 rings (SSSR count). The van der Waals surface area contributed by atoms with E-state index in [-0.39, 0.29) is 5.78 Å². The normalized spacial score (nSPS) is 15.8. The highest BCUT2D eigenvalue weighted by Gasteiger charge is 2.17. The lowest BCUT2D eigenvalue weighted by Gasteiger charge is -2.31. The summed E-state index contributed by atoms with van der Waals surface area (Å²) in [5, 5.41) is 0.971. The zero-order valence-corrected chi connectivity index (χ0v) is 16.4. The highest BCUT2D eigenvalue weighted by atomic mass is 16.1. The molecule has 144 valence electrons. The van der Waals surface area contributed by atoms with Crippen molar-refractivity contribution in [1.82, 2.24) is 24.8 Å². The number of pyridine rings is 3. The molecule has 28 heavy (non-hydrogen) atoms. The molecular formula is C22H25N5O. The summed E-state index contributed by atoms with van der Waals surface area (Å²) in [4.78, 5) is 30.6. The van der Waals surface area contributed by atoms with Gasteiger partial charge in [0.1, 0.15) is 0 Å². The fourth-order valence-electron chi connectivity index (χ4n) is 3.45. The lowest BCUT2D eigenvalue weighted by Crippen LogP contribution is -2.46. The Kier molecular flexibility index (Phi) is 5.41. The minimum atomic E-state index is 0.204. The van der Waals surface area contributed by atoms with Gasteiger partial charge in [0, 0.05) is 60.9 Å². The molecule has 0 saturated carbocycles. The van der Waals surface area contributed by atoms with Gasteiger partial charge in [0.05, 0.1) is 24.2 Å². The topological polar surface area (TPSA) is 62.2 Å². The van der Waals surface area contributed by atoms with Crippen molar-refractivity contribution in [3.63, 3.8) is 0 Å². The third-order valence-corrected chi connectivity index (χ3v) is 5.21. The fourth-order valence-corrected chi connectivity index (χ4v) is 3.45. The van der Waals surface area contributed by atoms with Crippen molar-refractivity contribution in [2.75, 3.05) is 39.8 Å². The van der Waals surface area contributed by atoms with Gasteiger partial charge in [-0.25, -0.2) is 4.98 Å². The van der Waals surface area contributed by atoms with E-state index in [1.165, 1.54) is 0 Å². The van der Waals surface area contributed by atoms with Gasteiger partial charge < -0.3 is 4.90 Å². The molecule has 1 fully saturated rings. The second-order valence-electron chi connectivity index (χ2n) is 7.55. The zero-order valence-electron chi connectivity index (χ0n) is 16.4. The Bertz CT molecular complexity index is 978. The number of nitrogens with zero attached hydrogens (tertiary/aromatic N) is 5. The van der Waals surface area contributed by atoms with Crippen molar-refractivity contribution < 1.29 is 4.79 Å². The van der Waals surface area contributed by atoms with Crippen molar-refractivity contribution in [1.29, 1.82) is 0 Å². The number of rotatable bonds is 5. The summed E-state index contributed by atoms with van der Waals surface area (Å²) in [6.07, 6.45) is 3.99. The minimum Gasteiger partial charge on any atom is -0.304 e. The monoisotopic (exact) mass is 375 g/mol. The van der Waals surface area contributed by atoms with Gasteiger partial charge in [0.2, 0.25) is 0 Å². The highest BCUT2D eigenvalue weighted by Crippen LogP contribution is 2.21. The van der Waals surface area contributed by atoms with Crippen LogP contribution < -0.4 is 0 Å². The van der Waals surface area contributed by atoms with Crippen molar-refractivity contribution in [3.8, 4) is 11.3 Å². The molecule has 3 aromatic heterocycles. The van der Waals surface area contributed by atoms with Gasteiger partial charge in [-0.3, -0.25) is 19.7 Å². The Labute approximate surface area is 165 Å².